The van der Waals surface area contributed by atoms with Gasteiger partial charge in [-0.3, -0.25) is 9.69 Å². The Bertz CT molecular complexity index is 856. The highest BCUT2D eigenvalue weighted by atomic mass is 16.6. The van der Waals surface area contributed by atoms with Crippen molar-refractivity contribution in [3.8, 4) is 0 Å². The monoisotopic (exact) mass is 380 g/mol. The van der Waals surface area contributed by atoms with Crippen molar-refractivity contribution >= 4 is 17.7 Å². The molecule has 1 aliphatic rings. The zero-order chi connectivity index (χ0) is 20.3. The average Bonchev–Trinajstić information content (AvgIpc) is 3.06. The fourth-order valence-electron chi connectivity index (χ4n) is 3.91. The van der Waals surface area contributed by atoms with Gasteiger partial charge in [0.25, 0.3) is 0 Å². The third-order valence-electron chi connectivity index (χ3n) is 5.47. The maximum absolute atomic E-state index is 13.2. The first kappa shape index (κ1) is 19.9. The zero-order valence-corrected chi connectivity index (χ0v) is 17.0. The highest BCUT2D eigenvalue weighted by Crippen LogP contribution is 2.32. The molecule has 1 aliphatic heterocycles. The number of hydrogen-bond donors (Lipinski definition) is 1. The van der Waals surface area contributed by atoms with Crippen molar-refractivity contribution in [2.24, 2.45) is 0 Å². The molecule has 0 aromatic heterocycles. The van der Waals surface area contributed by atoms with Crippen molar-refractivity contribution in [2.75, 3.05) is 11.9 Å². The number of carbonyl (C=O) groups is 2. The van der Waals surface area contributed by atoms with Gasteiger partial charge in [-0.2, -0.15) is 0 Å². The van der Waals surface area contributed by atoms with Crippen LogP contribution in [0, 0.1) is 20.8 Å². The Hall–Kier alpha value is -2.82. The molecule has 148 valence electrons. The van der Waals surface area contributed by atoms with E-state index in [0.29, 0.717) is 13.0 Å². The van der Waals surface area contributed by atoms with E-state index in [1.165, 1.54) is 0 Å². The zero-order valence-electron chi connectivity index (χ0n) is 17.0. The van der Waals surface area contributed by atoms with Gasteiger partial charge in [-0.05, 0) is 57.2 Å². The lowest BCUT2D eigenvalue weighted by Gasteiger charge is -2.33. The molecule has 2 aromatic rings. The van der Waals surface area contributed by atoms with Crippen molar-refractivity contribution in [3.63, 3.8) is 0 Å². The first-order valence-corrected chi connectivity index (χ1v) is 9.69. The molecular formula is C23H28N2O3. The molecule has 0 bridgehead atoms. The minimum Gasteiger partial charge on any atom is -0.445 e. The molecule has 2 aromatic carbocycles. The Balaban J connectivity index is 1.72. The Kier molecular flexibility index (Phi) is 5.73. The van der Waals surface area contributed by atoms with Crippen LogP contribution in [-0.2, 0) is 16.1 Å². The Morgan fingerprint density at radius 1 is 1.11 bits per heavy atom. The topological polar surface area (TPSA) is 58.6 Å². The normalized spacial score (nSPS) is 18.8. The number of anilines is 1. The summed E-state index contributed by atoms with van der Waals surface area (Å²) in [7, 11) is 0. The lowest BCUT2D eigenvalue weighted by molar-refractivity contribution is -0.125. The second kappa shape index (κ2) is 8.05. The molecule has 1 unspecified atom stereocenters. The maximum atomic E-state index is 13.2. The van der Waals surface area contributed by atoms with Gasteiger partial charge in [0.2, 0.25) is 5.91 Å². The van der Waals surface area contributed by atoms with Crippen LogP contribution in [0.1, 0.15) is 42.0 Å². The van der Waals surface area contributed by atoms with Gasteiger partial charge in [-0.1, -0.05) is 48.0 Å². The largest absolute Gasteiger partial charge is 0.445 e. The standard InChI is InChI=1S/C23H28N2O3/c1-16-13-17(2)20(18(3)14-16)24-21(26)23(4)11-8-12-25(23)22(27)28-15-19-9-6-5-7-10-19/h5-7,9-10,13-14H,8,11-12,15H2,1-4H3,(H,24,26). The smallest absolute Gasteiger partial charge is 0.410 e. The van der Waals surface area contributed by atoms with Crippen molar-refractivity contribution in [1.29, 1.82) is 0 Å². The van der Waals surface area contributed by atoms with Crippen molar-refractivity contribution in [2.45, 2.75) is 52.7 Å². The van der Waals surface area contributed by atoms with Gasteiger partial charge >= 0.3 is 6.09 Å². The molecule has 3 rings (SSSR count). The predicted octanol–water partition coefficient (Wildman–Crippen LogP) is 4.74. The van der Waals surface area contributed by atoms with Gasteiger partial charge in [0.15, 0.2) is 0 Å². The Morgan fingerprint density at radius 2 is 1.75 bits per heavy atom. The Labute approximate surface area is 166 Å². The van der Waals surface area contributed by atoms with Crippen LogP contribution < -0.4 is 5.32 Å². The lowest BCUT2D eigenvalue weighted by Crippen LogP contribution is -2.53. The second-order valence-electron chi connectivity index (χ2n) is 7.80. The van der Waals surface area contributed by atoms with E-state index in [2.05, 4.69) is 5.32 Å². The van der Waals surface area contributed by atoms with Gasteiger partial charge in [-0.15, -0.1) is 0 Å². The fraction of sp³-hybridized carbons (Fsp3) is 0.391. The van der Waals surface area contributed by atoms with E-state index in [9.17, 15) is 9.59 Å². The number of nitrogens with zero attached hydrogens (tertiary/aromatic N) is 1. The van der Waals surface area contributed by atoms with Crippen LogP contribution in [0.4, 0.5) is 10.5 Å². The summed E-state index contributed by atoms with van der Waals surface area (Å²) in [5.74, 6) is -0.170. The van der Waals surface area contributed by atoms with Crippen molar-refractivity contribution < 1.29 is 14.3 Å². The maximum Gasteiger partial charge on any atom is 0.410 e. The van der Waals surface area contributed by atoms with Gasteiger partial charge in [0.05, 0.1) is 0 Å². The third-order valence-corrected chi connectivity index (χ3v) is 5.47. The number of amides is 2. The molecule has 1 heterocycles. The van der Waals surface area contributed by atoms with Crippen molar-refractivity contribution in [1.82, 2.24) is 4.90 Å². The number of hydrogen-bond acceptors (Lipinski definition) is 3. The van der Waals surface area contributed by atoms with E-state index < -0.39 is 11.6 Å². The molecule has 2 amide bonds. The first-order valence-electron chi connectivity index (χ1n) is 9.69. The summed E-state index contributed by atoms with van der Waals surface area (Å²) < 4.78 is 5.48. The van der Waals surface area contributed by atoms with Crippen LogP contribution in [0.2, 0.25) is 0 Å². The molecule has 1 N–H and O–H groups in total. The quantitative estimate of drug-likeness (QED) is 0.833. The summed E-state index contributed by atoms with van der Waals surface area (Å²) in [5.41, 5.74) is 4.02. The molecular weight excluding hydrogens is 352 g/mol. The molecule has 0 aliphatic carbocycles. The van der Waals surface area contributed by atoms with Gasteiger partial charge < -0.3 is 10.1 Å². The molecule has 0 spiro atoms. The van der Waals surface area contributed by atoms with E-state index in [-0.39, 0.29) is 12.5 Å². The molecule has 5 nitrogen and oxygen atoms in total. The second-order valence-corrected chi connectivity index (χ2v) is 7.80. The minimum atomic E-state index is -0.919. The van der Waals surface area contributed by atoms with Gasteiger partial charge in [-0.25, -0.2) is 4.79 Å². The summed E-state index contributed by atoms with van der Waals surface area (Å²) in [6, 6.07) is 13.6. The fourth-order valence-corrected chi connectivity index (χ4v) is 3.91. The number of rotatable bonds is 4. The van der Waals surface area contributed by atoms with E-state index in [1.54, 1.807) is 4.90 Å². The molecule has 0 saturated carbocycles. The molecule has 1 saturated heterocycles. The minimum absolute atomic E-state index is 0.170. The van der Waals surface area contributed by atoms with Crippen LogP contribution in [0.25, 0.3) is 0 Å². The van der Waals surface area contributed by atoms with Crippen LogP contribution >= 0.6 is 0 Å². The average molecular weight is 380 g/mol. The number of aryl methyl sites for hydroxylation is 3. The summed E-state index contributed by atoms with van der Waals surface area (Å²) in [6.07, 6.45) is 0.941. The van der Waals surface area contributed by atoms with Crippen LogP contribution in [0.3, 0.4) is 0 Å². The number of ether oxygens (including phenoxy) is 1. The summed E-state index contributed by atoms with van der Waals surface area (Å²) >= 11 is 0. The SMILES string of the molecule is Cc1cc(C)c(NC(=O)C2(C)CCCN2C(=O)OCc2ccccc2)c(C)c1. The van der Waals surface area contributed by atoms with E-state index in [4.69, 9.17) is 4.74 Å². The van der Waals surface area contributed by atoms with Gasteiger partial charge in [0.1, 0.15) is 12.1 Å². The molecule has 1 fully saturated rings. The number of benzene rings is 2. The summed E-state index contributed by atoms with van der Waals surface area (Å²) in [6.45, 7) is 8.54. The van der Waals surface area contributed by atoms with Crippen LogP contribution in [-0.4, -0.2) is 29.0 Å². The molecule has 1 atom stereocenters. The Morgan fingerprint density at radius 3 is 2.39 bits per heavy atom. The predicted molar refractivity (Wildman–Crippen MR) is 110 cm³/mol. The third kappa shape index (κ3) is 4.03. The van der Waals surface area contributed by atoms with E-state index >= 15 is 0 Å². The first-order chi connectivity index (χ1) is 13.3. The summed E-state index contributed by atoms with van der Waals surface area (Å²) in [4.78, 5) is 27.4. The van der Waals surface area contributed by atoms with Crippen LogP contribution in [0.5, 0.6) is 0 Å². The highest BCUT2D eigenvalue weighted by molar-refractivity contribution is 6.01. The molecule has 5 heteroatoms. The van der Waals surface area contributed by atoms with Crippen molar-refractivity contribution in [3.05, 3.63) is 64.7 Å². The summed E-state index contributed by atoms with van der Waals surface area (Å²) in [5, 5.41) is 3.06. The number of carbonyl (C=O) groups excluding carboxylic acids is 2. The molecule has 0 radical (unpaired) electrons. The lowest BCUT2D eigenvalue weighted by atomic mass is 9.96. The van der Waals surface area contributed by atoms with E-state index in [1.807, 2.05) is 70.2 Å². The van der Waals surface area contributed by atoms with Crippen LogP contribution in [0.15, 0.2) is 42.5 Å². The number of nitrogens with one attached hydrogen (secondary N) is 1. The van der Waals surface area contributed by atoms with E-state index in [0.717, 1.165) is 34.4 Å². The van der Waals surface area contributed by atoms with Gasteiger partial charge in [0, 0.05) is 12.2 Å². The highest BCUT2D eigenvalue weighted by Gasteiger charge is 2.46. The number of likely N-dealkylation sites (tertiary alicyclic amines) is 1. The molecule has 28 heavy (non-hydrogen) atoms.